The molecule has 2 unspecified atom stereocenters. The normalized spacial score (nSPS) is 37.8. The highest BCUT2D eigenvalue weighted by Gasteiger charge is 2.25. The average molecular weight is 166 g/mol. The molecule has 0 aromatic heterocycles. The van der Waals surface area contributed by atoms with Gasteiger partial charge in [0.1, 0.15) is 0 Å². The SMILES string of the molecule is CC1CCCC(CC2CCC2)C1. The van der Waals surface area contributed by atoms with E-state index in [2.05, 4.69) is 6.92 Å². The van der Waals surface area contributed by atoms with Crippen molar-refractivity contribution >= 4 is 0 Å². The maximum absolute atomic E-state index is 2.44. The molecule has 2 aliphatic carbocycles. The molecule has 0 heteroatoms. The quantitative estimate of drug-likeness (QED) is 0.581. The van der Waals surface area contributed by atoms with E-state index in [4.69, 9.17) is 0 Å². The minimum Gasteiger partial charge on any atom is -0.0625 e. The second kappa shape index (κ2) is 3.81. The Morgan fingerprint density at radius 3 is 2.17 bits per heavy atom. The first kappa shape index (κ1) is 8.59. The van der Waals surface area contributed by atoms with Crippen LogP contribution in [0.15, 0.2) is 0 Å². The van der Waals surface area contributed by atoms with E-state index in [1.807, 2.05) is 0 Å². The highest BCUT2D eigenvalue weighted by Crippen LogP contribution is 2.38. The zero-order valence-corrected chi connectivity index (χ0v) is 8.39. The van der Waals surface area contributed by atoms with Crippen LogP contribution in [0.2, 0.25) is 0 Å². The van der Waals surface area contributed by atoms with Gasteiger partial charge in [-0.05, 0) is 30.6 Å². The molecule has 0 heterocycles. The summed E-state index contributed by atoms with van der Waals surface area (Å²) >= 11 is 0. The van der Waals surface area contributed by atoms with Crippen molar-refractivity contribution < 1.29 is 0 Å². The van der Waals surface area contributed by atoms with Crippen LogP contribution in [0.4, 0.5) is 0 Å². The lowest BCUT2D eigenvalue weighted by Gasteiger charge is -2.33. The van der Waals surface area contributed by atoms with Crippen LogP contribution >= 0.6 is 0 Å². The van der Waals surface area contributed by atoms with Gasteiger partial charge in [0.2, 0.25) is 0 Å². The molecule has 0 aliphatic heterocycles. The van der Waals surface area contributed by atoms with Crippen molar-refractivity contribution in [3.8, 4) is 0 Å². The molecule has 2 saturated carbocycles. The van der Waals surface area contributed by atoms with Crippen LogP contribution in [0.5, 0.6) is 0 Å². The molecule has 0 N–H and O–H groups in total. The van der Waals surface area contributed by atoms with E-state index in [9.17, 15) is 0 Å². The van der Waals surface area contributed by atoms with Crippen LogP contribution in [-0.2, 0) is 0 Å². The summed E-state index contributed by atoms with van der Waals surface area (Å²) in [6, 6.07) is 0. The van der Waals surface area contributed by atoms with Gasteiger partial charge in [-0.3, -0.25) is 0 Å². The minimum atomic E-state index is 1.03. The van der Waals surface area contributed by atoms with Gasteiger partial charge in [-0.2, -0.15) is 0 Å². The van der Waals surface area contributed by atoms with Gasteiger partial charge in [-0.25, -0.2) is 0 Å². The molecular weight excluding hydrogens is 144 g/mol. The van der Waals surface area contributed by atoms with E-state index in [0.29, 0.717) is 0 Å². The number of hydrogen-bond acceptors (Lipinski definition) is 0. The lowest BCUT2D eigenvalue weighted by Crippen LogP contribution is -2.20. The summed E-state index contributed by atoms with van der Waals surface area (Å²) in [5.41, 5.74) is 0. The average Bonchev–Trinajstić information content (AvgIpc) is 1.97. The van der Waals surface area contributed by atoms with Gasteiger partial charge >= 0.3 is 0 Å². The molecule has 0 amide bonds. The second-order valence-corrected chi connectivity index (χ2v) is 5.17. The highest BCUT2D eigenvalue weighted by molar-refractivity contribution is 4.77. The van der Waals surface area contributed by atoms with E-state index in [1.165, 1.54) is 25.7 Å². The van der Waals surface area contributed by atoms with Gasteiger partial charge in [0.15, 0.2) is 0 Å². The Morgan fingerprint density at radius 2 is 1.58 bits per heavy atom. The summed E-state index contributed by atoms with van der Waals surface area (Å²) in [6.45, 7) is 2.44. The molecule has 0 spiro atoms. The molecule has 2 fully saturated rings. The Morgan fingerprint density at radius 1 is 0.917 bits per heavy atom. The van der Waals surface area contributed by atoms with Crippen molar-refractivity contribution in [1.29, 1.82) is 0 Å². The summed E-state index contributed by atoms with van der Waals surface area (Å²) in [4.78, 5) is 0. The summed E-state index contributed by atoms with van der Waals surface area (Å²) in [6.07, 6.45) is 12.3. The van der Waals surface area contributed by atoms with Gasteiger partial charge in [-0.15, -0.1) is 0 Å². The summed E-state index contributed by atoms with van der Waals surface area (Å²) in [5.74, 6) is 3.28. The molecule has 2 rings (SSSR count). The Bertz CT molecular complexity index is 135. The maximum Gasteiger partial charge on any atom is -0.0409 e. The van der Waals surface area contributed by atoms with Crippen molar-refractivity contribution in [3.63, 3.8) is 0 Å². The monoisotopic (exact) mass is 166 g/mol. The largest absolute Gasteiger partial charge is 0.0625 e. The fourth-order valence-electron chi connectivity index (χ4n) is 2.97. The van der Waals surface area contributed by atoms with Crippen LogP contribution in [0.25, 0.3) is 0 Å². The summed E-state index contributed by atoms with van der Waals surface area (Å²) < 4.78 is 0. The highest BCUT2D eigenvalue weighted by atomic mass is 14.3. The third-order valence-corrected chi connectivity index (χ3v) is 3.94. The van der Waals surface area contributed by atoms with E-state index >= 15 is 0 Å². The molecular formula is C12H22. The van der Waals surface area contributed by atoms with E-state index < -0.39 is 0 Å². The van der Waals surface area contributed by atoms with Crippen molar-refractivity contribution in [2.24, 2.45) is 17.8 Å². The van der Waals surface area contributed by atoms with Crippen LogP contribution in [0.1, 0.15) is 58.3 Å². The molecule has 0 radical (unpaired) electrons. The predicted molar refractivity (Wildman–Crippen MR) is 53.1 cm³/mol. The standard InChI is InChI=1S/C12H22/c1-10-4-2-7-12(8-10)9-11-5-3-6-11/h10-12H,2-9H2,1H3. The third-order valence-electron chi connectivity index (χ3n) is 3.94. The lowest BCUT2D eigenvalue weighted by molar-refractivity contribution is 0.191. The van der Waals surface area contributed by atoms with Crippen LogP contribution in [0, 0.1) is 17.8 Å². The summed E-state index contributed by atoms with van der Waals surface area (Å²) in [7, 11) is 0. The van der Waals surface area contributed by atoms with Gasteiger partial charge in [0.25, 0.3) is 0 Å². The Kier molecular flexibility index (Phi) is 2.73. The molecule has 0 bridgehead atoms. The zero-order valence-electron chi connectivity index (χ0n) is 8.39. The van der Waals surface area contributed by atoms with E-state index in [-0.39, 0.29) is 0 Å². The Balaban J connectivity index is 1.71. The molecule has 0 saturated heterocycles. The van der Waals surface area contributed by atoms with Crippen molar-refractivity contribution in [2.75, 3.05) is 0 Å². The van der Waals surface area contributed by atoms with Crippen molar-refractivity contribution in [3.05, 3.63) is 0 Å². The fraction of sp³-hybridized carbons (Fsp3) is 1.00. The summed E-state index contributed by atoms with van der Waals surface area (Å²) in [5, 5.41) is 0. The molecule has 2 atom stereocenters. The number of rotatable bonds is 2. The predicted octanol–water partition coefficient (Wildman–Crippen LogP) is 4.00. The van der Waals surface area contributed by atoms with Crippen LogP contribution in [0.3, 0.4) is 0 Å². The second-order valence-electron chi connectivity index (χ2n) is 5.17. The molecule has 12 heavy (non-hydrogen) atoms. The zero-order chi connectivity index (χ0) is 8.39. The van der Waals surface area contributed by atoms with Crippen molar-refractivity contribution in [1.82, 2.24) is 0 Å². The Labute approximate surface area is 76.7 Å². The van der Waals surface area contributed by atoms with Crippen LogP contribution < -0.4 is 0 Å². The fourth-order valence-corrected chi connectivity index (χ4v) is 2.97. The van der Waals surface area contributed by atoms with E-state index in [1.54, 1.807) is 25.7 Å². The molecule has 0 aromatic carbocycles. The van der Waals surface area contributed by atoms with Crippen LogP contribution in [-0.4, -0.2) is 0 Å². The van der Waals surface area contributed by atoms with Gasteiger partial charge in [0, 0.05) is 0 Å². The third kappa shape index (κ3) is 2.02. The smallest absolute Gasteiger partial charge is 0.0409 e. The number of hydrogen-bond donors (Lipinski definition) is 0. The topological polar surface area (TPSA) is 0 Å². The van der Waals surface area contributed by atoms with Crippen molar-refractivity contribution in [2.45, 2.75) is 58.3 Å². The van der Waals surface area contributed by atoms with Gasteiger partial charge in [-0.1, -0.05) is 45.4 Å². The molecule has 2 aliphatic rings. The molecule has 70 valence electrons. The first-order valence-corrected chi connectivity index (χ1v) is 5.84. The molecule has 0 nitrogen and oxygen atoms in total. The molecule has 0 aromatic rings. The first-order valence-electron chi connectivity index (χ1n) is 5.84. The van der Waals surface area contributed by atoms with Gasteiger partial charge < -0.3 is 0 Å². The first-order chi connectivity index (χ1) is 5.84. The maximum atomic E-state index is 2.44. The lowest BCUT2D eigenvalue weighted by atomic mass is 9.73. The Hall–Kier alpha value is 0. The van der Waals surface area contributed by atoms with E-state index in [0.717, 1.165) is 17.8 Å². The van der Waals surface area contributed by atoms with Gasteiger partial charge in [0.05, 0.1) is 0 Å². The minimum absolute atomic E-state index is 1.03.